The van der Waals surface area contributed by atoms with E-state index >= 15 is 0 Å². The lowest BCUT2D eigenvalue weighted by molar-refractivity contribution is 0.137. The summed E-state index contributed by atoms with van der Waals surface area (Å²) in [4.78, 5) is 4.94. The van der Waals surface area contributed by atoms with Gasteiger partial charge in [-0.05, 0) is 28.8 Å². The Kier molecular flexibility index (Phi) is 6.65. The molecule has 0 radical (unpaired) electrons. The average Bonchev–Trinajstić information content (AvgIpc) is 2.65. The Morgan fingerprint density at radius 3 is 2.28 bits per heavy atom. The van der Waals surface area contributed by atoms with Crippen molar-refractivity contribution in [3.8, 4) is 11.1 Å². The Bertz CT molecular complexity index is 691. The third-order valence-electron chi connectivity index (χ3n) is 4.67. The number of rotatable bonds is 6. The highest BCUT2D eigenvalue weighted by Gasteiger charge is 2.17. The summed E-state index contributed by atoms with van der Waals surface area (Å²) in [6.45, 7) is 6.30. The van der Waals surface area contributed by atoms with Gasteiger partial charge in [-0.2, -0.15) is 0 Å². The molecule has 3 rings (SSSR count). The molecular weight excluding hydrogens is 332 g/mol. The van der Waals surface area contributed by atoms with Crippen molar-refractivity contribution in [2.24, 2.45) is 0 Å². The molecule has 132 valence electrons. The third kappa shape index (κ3) is 5.16. The van der Waals surface area contributed by atoms with Crippen LogP contribution in [0.4, 0.5) is 0 Å². The van der Waals surface area contributed by atoms with Crippen LogP contribution in [0, 0.1) is 0 Å². The van der Waals surface area contributed by atoms with Gasteiger partial charge in [-0.3, -0.25) is 9.80 Å². The van der Waals surface area contributed by atoms with Crippen molar-refractivity contribution in [2.45, 2.75) is 6.54 Å². The molecule has 1 aliphatic rings. The normalized spacial score (nSPS) is 16.6. The molecule has 25 heavy (non-hydrogen) atoms. The molecule has 1 fully saturated rings. The third-order valence-corrected chi connectivity index (χ3v) is 4.92. The second-order valence-corrected chi connectivity index (χ2v) is 6.83. The summed E-state index contributed by atoms with van der Waals surface area (Å²) >= 11 is 6.02. The minimum atomic E-state index is 0.126. The number of hydrogen-bond donors (Lipinski definition) is 1. The molecule has 0 atom stereocenters. The van der Waals surface area contributed by atoms with Gasteiger partial charge in [-0.15, -0.1) is 0 Å². The van der Waals surface area contributed by atoms with Gasteiger partial charge in [0.15, 0.2) is 0 Å². The van der Waals surface area contributed by atoms with E-state index in [0.29, 0.717) is 0 Å². The predicted molar refractivity (Wildman–Crippen MR) is 105 cm³/mol. The number of halogens is 1. The molecule has 2 aromatic rings. The van der Waals surface area contributed by atoms with Crippen LogP contribution in [0.15, 0.2) is 60.7 Å². The summed E-state index contributed by atoms with van der Waals surface area (Å²) in [5.74, 6) is 0. The summed E-state index contributed by atoms with van der Waals surface area (Å²) in [6.07, 6.45) is 3.86. The molecule has 0 aromatic heterocycles. The number of aliphatic hydroxyl groups is 1. The van der Waals surface area contributed by atoms with Crippen molar-refractivity contribution < 1.29 is 5.11 Å². The quantitative estimate of drug-likeness (QED) is 0.800. The van der Waals surface area contributed by atoms with Crippen molar-refractivity contribution in [1.29, 1.82) is 0 Å². The summed E-state index contributed by atoms with van der Waals surface area (Å²) in [7, 11) is 0. The van der Waals surface area contributed by atoms with E-state index in [4.69, 9.17) is 16.7 Å². The fourth-order valence-corrected chi connectivity index (χ4v) is 3.36. The van der Waals surface area contributed by atoms with Gasteiger partial charge in [-0.25, -0.2) is 0 Å². The van der Waals surface area contributed by atoms with Gasteiger partial charge in [0.2, 0.25) is 0 Å². The first-order valence-corrected chi connectivity index (χ1v) is 9.18. The molecule has 1 heterocycles. The SMILES string of the molecule is OCC=CCN1CCN(Cc2ccccc2-c2ccc(Cl)cc2)CC1. The lowest BCUT2D eigenvalue weighted by Crippen LogP contribution is -2.45. The van der Waals surface area contributed by atoms with Crippen LogP contribution in [-0.2, 0) is 6.54 Å². The van der Waals surface area contributed by atoms with Crippen LogP contribution >= 0.6 is 11.6 Å². The van der Waals surface area contributed by atoms with E-state index < -0.39 is 0 Å². The Labute approximate surface area is 155 Å². The van der Waals surface area contributed by atoms with Gasteiger partial charge in [-0.1, -0.05) is 60.2 Å². The van der Waals surface area contributed by atoms with E-state index in [-0.39, 0.29) is 6.61 Å². The zero-order valence-corrected chi connectivity index (χ0v) is 15.2. The maximum atomic E-state index is 8.82. The molecule has 3 nitrogen and oxygen atoms in total. The smallest absolute Gasteiger partial charge is 0.0612 e. The maximum absolute atomic E-state index is 8.82. The molecule has 0 spiro atoms. The molecule has 0 saturated carbocycles. The number of benzene rings is 2. The van der Waals surface area contributed by atoms with Crippen LogP contribution in [-0.4, -0.2) is 54.2 Å². The fourth-order valence-electron chi connectivity index (χ4n) is 3.24. The Hall–Kier alpha value is -1.65. The van der Waals surface area contributed by atoms with Crippen LogP contribution in [0.2, 0.25) is 5.02 Å². The van der Waals surface area contributed by atoms with Gasteiger partial charge in [0, 0.05) is 44.3 Å². The first-order valence-electron chi connectivity index (χ1n) is 8.80. The molecule has 0 amide bonds. The Balaban J connectivity index is 1.63. The van der Waals surface area contributed by atoms with Gasteiger partial charge >= 0.3 is 0 Å². The van der Waals surface area contributed by atoms with Crippen LogP contribution in [0.25, 0.3) is 11.1 Å². The minimum Gasteiger partial charge on any atom is -0.392 e. The molecule has 1 saturated heterocycles. The van der Waals surface area contributed by atoms with Gasteiger partial charge < -0.3 is 5.11 Å². The number of hydrogen-bond acceptors (Lipinski definition) is 3. The molecule has 4 heteroatoms. The maximum Gasteiger partial charge on any atom is 0.0612 e. The highest BCUT2D eigenvalue weighted by molar-refractivity contribution is 6.30. The molecule has 0 unspecified atom stereocenters. The van der Waals surface area contributed by atoms with Gasteiger partial charge in [0.05, 0.1) is 6.61 Å². The van der Waals surface area contributed by atoms with E-state index in [1.54, 1.807) is 0 Å². The van der Waals surface area contributed by atoms with Crippen LogP contribution in [0.3, 0.4) is 0 Å². The van der Waals surface area contributed by atoms with Crippen molar-refractivity contribution in [1.82, 2.24) is 9.80 Å². The summed E-state index contributed by atoms with van der Waals surface area (Å²) in [5, 5.41) is 9.59. The Morgan fingerprint density at radius 1 is 0.880 bits per heavy atom. The van der Waals surface area contributed by atoms with Crippen molar-refractivity contribution in [2.75, 3.05) is 39.3 Å². The summed E-state index contributed by atoms with van der Waals surface area (Å²) < 4.78 is 0. The minimum absolute atomic E-state index is 0.126. The molecular formula is C21H25ClN2O. The predicted octanol–water partition coefficient (Wildman–Crippen LogP) is 3.67. The zero-order chi connectivity index (χ0) is 17.5. The topological polar surface area (TPSA) is 26.7 Å². The number of nitrogens with zero attached hydrogens (tertiary/aromatic N) is 2. The van der Waals surface area contributed by atoms with E-state index in [1.165, 1.54) is 16.7 Å². The summed E-state index contributed by atoms with van der Waals surface area (Å²) in [5.41, 5.74) is 3.86. The monoisotopic (exact) mass is 356 g/mol. The van der Waals surface area contributed by atoms with E-state index in [2.05, 4.69) is 46.2 Å². The first kappa shape index (κ1) is 18.2. The van der Waals surface area contributed by atoms with Crippen molar-refractivity contribution >= 4 is 11.6 Å². The lowest BCUT2D eigenvalue weighted by Gasteiger charge is -2.34. The van der Waals surface area contributed by atoms with Crippen molar-refractivity contribution in [3.05, 3.63) is 71.3 Å². The van der Waals surface area contributed by atoms with Gasteiger partial charge in [0.25, 0.3) is 0 Å². The second-order valence-electron chi connectivity index (χ2n) is 6.39. The molecule has 0 aliphatic carbocycles. The summed E-state index contributed by atoms with van der Waals surface area (Å²) in [6, 6.07) is 16.7. The van der Waals surface area contributed by atoms with Crippen LogP contribution in [0.1, 0.15) is 5.56 Å². The van der Waals surface area contributed by atoms with E-state index in [1.807, 2.05) is 24.3 Å². The van der Waals surface area contributed by atoms with Crippen LogP contribution in [0.5, 0.6) is 0 Å². The standard InChI is InChI=1S/C21H25ClN2O/c22-20-9-7-18(8-10-20)21-6-2-1-5-19(21)17-24-14-12-23(13-15-24)11-3-4-16-25/h1-10,25H,11-17H2. The fraction of sp³-hybridized carbons (Fsp3) is 0.333. The highest BCUT2D eigenvalue weighted by atomic mass is 35.5. The average molecular weight is 357 g/mol. The number of aliphatic hydroxyl groups excluding tert-OH is 1. The molecule has 1 N–H and O–H groups in total. The first-order chi connectivity index (χ1) is 12.3. The second kappa shape index (κ2) is 9.16. The Morgan fingerprint density at radius 2 is 1.56 bits per heavy atom. The number of piperazine rings is 1. The van der Waals surface area contributed by atoms with Gasteiger partial charge in [0.1, 0.15) is 0 Å². The lowest BCUT2D eigenvalue weighted by atomic mass is 9.99. The van der Waals surface area contributed by atoms with E-state index in [9.17, 15) is 0 Å². The largest absolute Gasteiger partial charge is 0.392 e. The zero-order valence-electron chi connectivity index (χ0n) is 14.4. The van der Waals surface area contributed by atoms with E-state index in [0.717, 1.165) is 44.3 Å². The molecule has 0 bridgehead atoms. The van der Waals surface area contributed by atoms with Crippen molar-refractivity contribution in [3.63, 3.8) is 0 Å². The molecule has 1 aliphatic heterocycles. The highest BCUT2D eigenvalue weighted by Crippen LogP contribution is 2.26. The molecule has 2 aromatic carbocycles. The van der Waals surface area contributed by atoms with Crippen LogP contribution < -0.4 is 0 Å².